The lowest BCUT2D eigenvalue weighted by Crippen LogP contribution is -2.62. The molecule has 2 bridgehead atoms. The average molecular weight is 330 g/mol. The number of alkyl carbamates (subject to hydrolysis) is 1. The van der Waals surface area contributed by atoms with E-state index in [-0.39, 0.29) is 17.7 Å². The predicted octanol–water partition coefficient (Wildman–Crippen LogP) is 4.13. The first-order valence-corrected chi connectivity index (χ1v) is 9.06. The number of rotatable bonds is 3. The Balaban J connectivity index is 1.89. The summed E-state index contributed by atoms with van der Waals surface area (Å²) in [6, 6.07) is 10.3. The summed E-state index contributed by atoms with van der Waals surface area (Å²) in [5.41, 5.74) is 0.669. The van der Waals surface area contributed by atoms with Gasteiger partial charge in [0.05, 0.1) is 6.04 Å². The third kappa shape index (κ3) is 3.44. The molecule has 1 N–H and O–H groups in total. The quantitative estimate of drug-likeness (QED) is 0.906. The fourth-order valence-corrected chi connectivity index (χ4v) is 4.42. The van der Waals surface area contributed by atoms with Crippen LogP contribution in [-0.2, 0) is 4.74 Å². The van der Waals surface area contributed by atoms with E-state index < -0.39 is 5.60 Å². The van der Waals surface area contributed by atoms with Crippen molar-refractivity contribution in [3.8, 4) is 0 Å². The summed E-state index contributed by atoms with van der Waals surface area (Å²) in [6.07, 6.45) is 4.44. The number of carbonyl (C=O) groups excluding carboxylic acids is 1. The molecule has 3 aliphatic rings. The number of nitrogens with zero attached hydrogens (tertiary/aromatic N) is 1. The SMILES string of the molecule is CN1CC2CCC1([C@@H](NC(=O)OC(C)(C)C)c1ccccc1)CC2. The van der Waals surface area contributed by atoms with E-state index in [0.717, 1.165) is 30.9 Å². The Morgan fingerprint density at radius 3 is 2.42 bits per heavy atom. The highest BCUT2D eigenvalue weighted by Crippen LogP contribution is 2.48. The summed E-state index contributed by atoms with van der Waals surface area (Å²) >= 11 is 0. The molecule has 4 nitrogen and oxygen atoms in total. The molecule has 1 amide bonds. The van der Waals surface area contributed by atoms with E-state index in [1.165, 1.54) is 12.8 Å². The molecule has 4 heteroatoms. The molecular weight excluding hydrogens is 300 g/mol. The van der Waals surface area contributed by atoms with Gasteiger partial charge < -0.3 is 10.1 Å². The zero-order valence-electron chi connectivity index (χ0n) is 15.3. The van der Waals surface area contributed by atoms with Gasteiger partial charge in [0.25, 0.3) is 0 Å². The van der Waals surface area contributed by atoms with Gasteiger partial charge in [-0.05, 0) is 65.0 Å². The number of likely N-dealkylation sites (N-methyl/N-ethyl adjacent to an activating group) is 1. The van der Waals surface area contributed by atoms with Crippen molar-refractivity contribution in [3.63, 3.8) is 0 Å². The van der Waals surface area contributed by atoms with Crippen molar-refractivity contribution in [2.24, 2.45) is 5.92 Å². The number of fused-ring (bicyclic) bond motifs is 3. The van der Waals surface area contributed by atoms with Gasteiger partial charge in [-0.2, -0.15) is 0 Å². The zero-order chi connectivity index (χ0) is 17.4. The Morgan fingerprint density at radius 2 is 1.88 bits per heavy atom. The first-order chi connectivity index (χ1) is 11.3. The van der Waals surface area contributed by atoms with Crippen molar-refractivity contribution in [2.75, 3.05) is 13.6 Å². The lowest BCUT2D eigenvalue weighted by atomic mass is 9.66. The van der Waals surface area contributed by atoms with E-state index in [0.29, 0.717) is 0 Å². The van der Waals surface area contributed by atoms with E-state index in [2.05, 4.69) is 29.4 Å². The van der Waals surface area contributed by atoms with Crippen LogP contribution in [0.3, 0.4) is 0 Å². The van der Waals surface area contributed by atoms with Crippen LogP contribution in [0.15, 0.2) is 30.3 Å². The third-order valence-corrected chi connectivity index (χ3v) is 5.59. The van der Waals surface area contributed by atoms with Crippen molar-refractivity contribution < 1.29 is 9.53 Å². The summed E-state index contributed by atoms with van der Waals surface area (Å²) in [6.45, 7) is 6.83. The summed E-state index contributed by atoms with van der Waals surface area (Å²) in [4.78, 5) is 15.0. The lowest BCUT2D eigenvalue weighted by molar-refractivity contribution is -0.0442. The topological polar surface area (TPSA) is 41.6 Å². The maximum absolute atomic E-state index is 12.5. The second-order valence-electron chi connectivity index (χ2n) is 8.42. The van der Waals surface area contributed by atoms with Crippen LogP contribution in [0.5, 0.6) is 0 Å². The van der Waals surface area contributed by atoms with Gasteiger partial charge in [0.15, 0.2) is 0 Å². The molecule has 132 valence electrons. The maximum atomic E-state index is 12.5. The largest absolute Gasteiger partial charge is 0.444 e. The van der Waals surface area contributed by atoms with Crippen molar-refractivity contribution in [3.05, 3.63) is 35.9 Å². The average Bonchev–Trinajstić information content (AvgIpc) is 2.53. The summed E-state index contributed by atoms with van der Waals surface area (Å²) in [5, 5.41) is 3.20. The molecule has 1 aliphatic carbocycles. The standard InChI is InChI=1S/C20H30N2O2/c1-19(2,3)24-18(23)21-17(16-8-6-5-7-9-16)20-12-10-15(11-13-20)14-22(20)4/h5-9,15,17H,10-14H2,1-4H3,(H,21,23)/t15?,17-,20?/m0/s1. The molecule has 0 radical (unpaired) electrons. The van der Waals surface area contributed by atoms with Gasteiger partial charge in [-0.1, -0.05) is 30.3 Å². The Hall–Kier alpha value is -1.55. The van der Waals surface area contributed by atoms with Crippen molar-refractivity contribution in [1.29, 1.82) is 0 Å². The second-order valence-corrected chi connectivity index (χ2v) is 8.42. The first-order valence-electron chi connectivity index (χ1n) is 9.06. The van der Waals surface area contributed by atoms with Crippen LogP contribution in [0, 0.1) is 5.92 Å². The molecule has 2 saturated heterocycles. The number of carbonyl (C=O) groups is 1. The minimum Gasteiger partial charge on any atom is -0.444 e. The lowest BCUT2D eigenvalue weighted by Gasteiger charge is -2.57. The molecule has 0 spiro atoms. The van der Waals surface area contributed by atoms with Gasteiger partial charge in [0, 0.05) is 12.1 Å². The monoisotopic (exact) mass is 330 g/mol. The Labute approximate surface area is 145 Å². The van der Waals surface area contributed by atoms with Gasteiger partial charge in [-0.25, -0.2) is 4.79 Å². The number of amides is 1. The van der Waals surface area contributed by atoms with Crippen molar-refractivity contribution in [2.45, 2.75) is 63.6 Å². The van der Waals surface area contributed by atoms with E-state index >= 15 is 0 Å². The summed E-state index contributed by atoms with van der Waals surface area (Å²) in [7, 11) is 2.21. The molecular formula is C20H30N2O2. The number of ether oxygens (including phenoxy) is 1. The summed E-state index contributed by atoms with van der Waals surface area (Å²) < 4.78 is 5.55. The Bertz CT molecular complexity index is 571. The third-order valence-electron chi connectivity index (χ3n) is 5.59. The van der Waals surface area contributed by atoms with E-state index in [1.54, 1.807) is 0 Å². The van der Waals surface area contributed by atoms with Gasteiger partial charge in [-0.15, -0.1) is 0 Å². The molecule has 1 aromatic carbocycles. The van der Waals surface area contributed by atoms with E-state index in [1.807, 2.05) is 39.0 Å². The van der Waals surface area contributed by atoms with Crippen LogP contribution >= 0.6 is 0 Å². The number of hydrogen-bond donors (Lipinski definition) is 1. The number of benzene rings is 1. The molecule has 1 aromatic rings. The highest BCUT2D eigenvalue weighted by molar-refractivity contribution is 5.68. The fraction of sp³-hybridized carbons (Fsp3) is 0.650. The van der Waals surface area contributed by atoms with Crippen LogP contribution in [0.1, 0.15) is 58.1 Å². The van der Waals surface area contributed by atoms with Crippen molar-refractivity contribution in [1.82, 2.24) is 10.2 Å². The molecule has 24 heavy (non-hydrogen) atoms. The molecule has 4 rings (SSSR count). The highest BCUT2D eigenvalue weighted by Gasteiger charge is 2.50. The maximum Gasteiger partial charge on any atom is 0.408 e. The Morgan fingerprint density at radius 1 is 1.25 bits per heavy atom. The van der Waals surface area contributed by atoms with E-state index in [4.69, 9.17) is 4.74 Å². The number of piperidine rings is 2. The molecule has 1 atom stereocenters. The van der Waals surface area contributed by atoms with Gasteiger partial charge in [0.2, 0.25) is 0 Å². The fourth-order valence-electron chi connectivity index (χ4n) is 4.42. The summed E-state index contributed by atoms with van der Waals surface area (Å²) in [5.74, 6) is 0.815. The molecule has 2 heterocycles. The van der Waals surface area contributed by atoms with Crippen LogP contribution in [0.4, 0.5) is 4.79 Å². The molecule has 3 fully saturated rings. The minimum atomic E-state index is -0.487. The second kappa shape index (κ2) is 6.40. The first kappa shape index (κ1) is 17.3. The van der Waals surface area contributed by atoms with E-state index in [9.17, 15) is 4.79 Å². The van der Waals surface area contributed by atoms with Crippen LogP contribution in [-0.4, -0.2) is 35.7 Å². The molecule has 0 aromatic heterocycles. The van der Waals surface area contributed by atoms with Crippen molar-refractivity contribution >= 4 is 6.09 Å². The minimum absolute atomic E-state index is 0.00694. The zero-order valence-corrected chi connectivity index (χ0v) is 15.3. The number of hydrogen-bond acceptors (Lipinski definition) is 3. The van der Waals surface area contributed by atoms with Gasteiger partial charge >= 0.3 is 6.09 Å². The predicted molar refractivity (Wildman–Crippen MR) is 95.9 cm³/mol. The molecule has 2 aliphatic heterocycles. The smallest absolute Gasteiger partial charge is 0.408 e. The van der Waals surface area contributed by atoms with Crippen LogP contribution in [0.2, 0.25) is 0 Å². The Kier molecular flexibility index (Phi) is 4.60. The normalized spacial score (nSPS) is 28.4. The molecule has 1 saturated carbocycles. The van der Waals surface area contributed by atoms with Gasteiger partial charge in [0.1, 0.15) is 5.60 Å². The van der Waals surface area contributed by atoms with Gasteiger partial charge in [-0.3, -0.25) is 4.90 Å². The number of nitrogens with one attached hydrogen (secondary N) is 1. The van der Waals surface area contributed by atoms with Crippen LogP contribution < -0.4 is 5.32 Å². The highest BCUT2D eigenvalue weighted by atomic mass is 16.6. The molecule has 0 unspecified atom stereocenters. The van der Waals surface area contributed by atoms with Crippen LogP contribution in [0.25, 0.3) is 0 Å².